The fourth-order valence-corrected chi connectivity index (χ4v) is 3.60. The Labute approximate surface area is 162 Å². The summed E-state index contributed by atoms with van der Waals surface area (Å²) in [4.78, 5) is 11.9. The first-order valence-corrected chi connectivity index (χ1v) is 9.38. The number of nitrogens with zero attached hydrogens (tertiary/aromatic N) is 3. The van der Waals surface area contributed by atoms with E-state index in [9.17, 15) is 4.79 Å². The zero-order chi connectivity index (χ0) is 19.2. The number of thioether (sulfide) groups is 1. The molecule has 1 heterocycles. The Morgan fingerprint density at radius 1 is 1.07 bits per heavy atom. The quantitative estimate of drug-likeness (QED) is 0.459. The number of aromatic nitrogens is 3. The molecule has 140 valence electrons. The molecule has 0 saturated heterocycles. The molecule has 1 aromatic heterocycles. The Balaban J connectivity index is 2.05. The van der Waals surface area contributed by atoms with Crippen LogP contribution in [0.25, 0.3) is 5.69 Å². The van der Waals surface area contributed by atoms with Gasteiger partial charge in [0.05, 0.1) is 19.9 Å². The number of rotatable bonds is 7. The average Bonchev–Trinajstić information content (AvgIpc) is 3.09. The summed E-state index contributed by atoms with van der Waals surface area (Å²) in [5.74, 6) is 1.17. The predicted octanol–water partition coefficient (Wildman–Crippen LogP) is 3.52. The van der Waals surface area contributed by atoms with Gasteiger partial charge in [-0.25, -0.2) is 0 Å². The van der Waals surface area contributed by atoms with E-state index in [0.29, 0.717) is 17.3 Å². The van der Waals surface area contributed by atoms with Gasteiger partial charge < -0.3 is 9.47 Å². The van der Waals surface area contributed by atoms with Crippen LogP contribution in [0.15, 0.2) is 59.8 Å². The van der Waals surface area contributed by atoms with Gasteiger partial charge in [0.15, 0.2) is 5.16 Å². The van der Waals surface area contributed by atoms with Crippen molar-refractivity contribution in [2.24, 2.45) is 0 Å². The molecule has 0 unspecified atom stereocenters. The lowest BCUT2D eigenvalue weighted by Gasteiger charge is -2.15. The Bertz CT molecular complexity index is 912. The topological polar surface area (TPSA) is 66.2 Å². The molecule has 6 nitrogen and oxygen atoms in total. The van der Waals surface area contributed by atoms with Crippen molar-refractivity contribution >= 4 is 17.7 Å². The smallest absolute Gasteiger partial charge is 0.318 e. The van der Waals surface area contributed by atoms with Crippen LogP contribution >= 0.6 is 11.8 Å². The molecule has 0 aliphatic heterocycles. The summed E-state index contributed by atoms with van der Waals surface area (Å²) in [5, 5.41) is 8.93. The van der Waals surface area contributed by atoms with Crippen LogP contribution in [0.5, 0.6) is 5.75 Å². The molecule has 0 bridgehead atoms. The molecule has 3 aromatic rings. The van der Waals surface area contributed by atoms with E-state index in [1.807, 2.05) is 59.2 Å². The second-order valence-corrected chi connectivity index (χ2v) is 7.16. The van der Waals surface area contributed by atoms with Crippen LogP contribution in [-0.2, 0) is 16.0 Å². The zero-order valence-electron chi connectivity index (χ0n) is 15.5. The van der Waals surface area contributed by atoms with E-state index in [2.05, 4.69) is 10.2 Å². The summed E-state index contributed by atoms with van der Waals surface area (Å²) in [5.41, 5.74) is 1.95. The third kappa shape index (κ3) is 4.31. The minimum atomic E-state index is -0.405. The average molecular weight is 383 g/mol. The van der Waals surface area contributed by atoms with Gasteiger partial charge >= 0.3 is 5.97 Å². The summed E-state index contributed by atoms with van der Waals surface area (Å²) in [6, 6.07) is 17.7. The van der Waals surface area contributed by atoms with E-state index in [-0.39, 0.29) is 5.97 Å². The number of esters is 1. The van der Waals surface area contributed by atoms with Crippen molar-refractivity contribution in [1.82, 2.24) is 14.8 Å². The van der Waals surface area contributed by atoms with E-state index < -0.39 is 5.25 Å². The molecule has 7 heteroatoms. The number of benzene rings is 2. The standard InChI is InChI=1S/C20H21N3O3S/c1-14(19(24)26-3)27-20-22-21-18(13-15-9-5-4-6-10-15)23(20)16-11-7-8-12-17(16)25-2/h4-12,14H,13H2,1-3H3/t14-/m1/s1. The number of methoxy groups -OCH3 is 2. The molecule has 0 fully saturated rings. The van der Waals surface area contributed by atoms with Crippen molar-refractivity contribution in [3.05, 3.63) is 66.0 Å². The number of para-hydroxylation sites is 2. The molecule has 0 N–H and O–H groups in total. The van der Waals surface area contributed by atoms with Crippen LogP contribution in [0.3, 0.4) is 0 Å². The summed E-state index contributed by atoms with van der Waals surface area (Å²) >= 11 is 1.31. The van der Waals surface area contributed by atoms with Crippen LogP contribution in [0.2, 0.25) is 0 Å². The first-order chi connectivity index (χ1) is 13.1. The maximum Gasteiger partial charge on any atom is 0.318 e. The van der Waals surface area contributed by atoms with Crippen molar-refractivity contribution in [2.45, 2.75) is 23.8 Å². The molecule has 0 radical (unpaired) electrons. The lowest BCUT2D eigenvalue weighted by Crippen LogP contribution is -2.16. The third-order valence-corrected chi connectivity index (χ3v) is 5.07. The van der Waals surface area contributed by atoms with Crippen molar-refractivity contribution < 1.29 is 14.3 Å². The minimum Gasteiger partial charge on any atom is -0.495 e. The molecule has 0 aliphatic carbocycles. The van der Waals surface area contributed by atoms with E-state index in [1.165, 1.54) is 18.9 Å². The molecule has 0 spiro atoms. The SMILES string of the molecule is COC(=O)[C@@H](C)Sc1nnc(Cc2ccccc2)n1-c1ccccc1OC. The van der Waals surface area contributed by atoms with Crippen molar-refractivity contribution in [3.63, 3.8) is 0 Å². The van der Waals surface area contributed by atoms with Crippen molar-refractivity contribution in [2.75, 3.05) is 14.2 Å². The van der Waals surface area contributed by atoms with Crippen LogP contribution in [0.4, 0.5) is 0 Å². The van der Waals surface area contributed by atoms with Crippen molar-refractivity contribution in [3.8, 4) is 11.4 Å². The van der Waals surface area contributed by atoms with E-state index in [1.54, 1.807) is 14.0 Å². The fourth-order valence-electron chi connectivity index (χ4n) is 2.70. The van der Waals surface area contributed by atoms with Gasteiger partial charge in [-0.2, -0.15) is 0 Å². The number of ether oxygens (including phenoxy) is 2. The molecule has 0 amide bonds. The number of carbonyl (C=O) groups excluding carboxylic acids is 1. The van der Waals surface area contributed by atoms with E-state index in [0.717, 1.165) is 17.1 Å². The maximum atomic E-state index is 11.9. The maximum absolute atomic E-state index is 11.9. The Morgan fingerprint density at radius 2 is 1.78 bits per heavy atom. The minimum absolute atomic E-state index is 0.306. The molecule has 2 aromatic carbocycles. The molecular weight excluding hydrogens is 362 g/mol. The molecule has 3 rings (SSSR count). The fraction of sp³-hybridized carbons (Fsp3) is 0.250. The lowest BCUT2D eigenvalue weighted by molar-refractivity contribution is -0.139. The Kier molecular flexibility index (Phi) is 6.13. The molecule has 27 heavy (non-hydrogen) atoms. The van der Waals surface area contributed by atoms with Crippen LogP contribution in [0.1, 0.15) is 18.3 Å². The zero-order valence-corrected chi connectivity index (χ0v) is 16.3. The summed E-state index contributed by atoms with van der Waals surface area (Å²) < 4.78 is 12.3. The van der Waals surface area contributed by atoms with Crippen LogP contribution in [0, 0.1) is 0 Å². The van der Waals surface area contributed by atoms with Gasteiger partial charge in [-0.3, -0.25) is 9.36 Å². The lowest BCUT2D eigenvalue weighted by atomic mass is 10.1. The Hall–Kier alpha value is -2.80. The van der Waals surface area contributed by atoms with E-state index >= 15 is 0 Å². The normalized spacial score (nSPS) is 11.8. The van der Waals surface area contributed by atoms with Gasteiger partial charge in [0.25, 0.3) is 0 Å². The molecule has 1 atom stereocenters. The first-order valence-electron chi connectivity index (χ1n) is 8.50. The van der Waals surface area contributed by atoms with Gasteiger partial charge in [-0.05, 0) is 24.6 Å². The van der Waals surface area contributed by atoms with Gasteiger partial charge in [0, 0.05) is 6.42 Å². The second kappa shape index (κ2) is 8.73. The highest BCUT2D eigenvalue weighted by Gasteiger charge is 2.23. The molecular formula is C20H21N3O3S. The van der Waals surface area contributed by atoms with Crippen LogP contribution in [-0.4, -0.2) is 40.2 Å². The predicted molar refractivity (Wildman–Crippen MR) is 104 cm³/mol. The van der Waals surface area contributed by atoms with Gasteiger partial charge in [0.2, 0.25) is 0 Å². The van der Waals surface area contributed by atoms with E-state index in [4.69, 9.17) is 9.47 Å². The highest BCUT2D eigenvalue weighted by molar-refractivity contribution is 8.00. The largest absolute Gasteiger partial charge is 0.495 e. The third-order valence-electron chi connectivity index (χ3n) is 4.05. The summed E-state index contributed by atoms with van der Waals surface area (Å²) in [6.45, 7) is 1.79. The highest BCUT2D eigenvalue weighted by Crippen LogP contribution is 2.31. The van der Waals surface area contributed by atoms with Gasteiger partial charge in [-0.15, -0.1) is 10.2 Å². The molecule has 0 aliphatic rings. The number of hydrogen-bond acceptors (Lipinski definition) is 6. The van der Waals surface area contributed by atoms with Gasteiger partial charge in [0.1, 0.15) is 16.8 Å². The number of hydrogen-bond donors (Lipinski definition) is 0. The monoisotopic (exact) mass is 383 g/mol. The van der Waals surface area contributed by atoms with Crippen molar-refractivity contribution in [1.29, 1.82) is 0 Å². The highest BCUT2D eigenvalue weighted by atomic mass is 32.2. The van der Waals surface area contributed by atoms with Gasteiger partial charge in [-0.1, -0.05) is 54.2 Å². The Morgan fingerprint density at radius 3 is 2.48 bits per heavy atom. The summed E-state index contributed by atoms with van der Waals surface area (Å²) in [7, 11) is 3.01. The number of carbonyl (C=O) groups is 1. The van der Waals surface area contributed by atoms with Crippen LogP contribution < -0.4 is 4.74 Å². The second-order valence-electron chi connectivity index (χ2n) is 5.85. The summed E-state index contributed by atoms with van der Waals surface area (Å²) in [6.07, 6.45) is 0.610. The first kappa shape index (κ1) is 19.0. The molecule has 0 saturated carbocycles.